The number of nitrogens with zero attached hydrogens (tertiary/aromatic N) is 3. The number of nitrogens with one attached hydrogen (secondary N) is 2. The molecule has 0 saturated carbocycles. The summed E-state index contributed by atoms with van der Waals surface area (Å²) < 4.78 is 11.7. The van der Waals surface area contributed by atoms with Crippen LogP contribution >= 0.6 is 0 Å². The zero-order valence-electron chi connectivity index (χ0n) is 18.8. The van der Waals surface area contributed by atoms with E-state index in [0.717, 1.165) is 11.3 Å². The summed E-state index contributed by atoms with van der Waals surface area (Å²) in [6, 6.07) is 7.38. The summed E-state index contributed by atoms with van der Waals surface area (Å²) >= 11 is 0. The second-order valence-electron chi connectivity index (χ2n) is 7.67. The fourth-order valence-electron chi connectivity index (χ4n) is 3.81. The highest BCUT2D eigenvalue weighted by atomic mass is 16.5. The lowest BCUT2D eigenvalue weighted by Crippen LogP contribution is -2.63. The van der Waals surface area contributed by atoms with E-state index >= 15 is 0 Å². The topological polar surface area (TPSA) is 115 Å². The van der Waals surface area contributed by atoms with Crippen molar-refractivity contribution in [1.82, 2.24) is 25.1 Å². The maximum atomic E-state index is 13.3. The molecule has 1 aliphatic rings. The molecule has 2 N–H and O–H groups in total. The molecule has 0 aliphatic carbocycles. The number of benzene rings is 1. The van der Waals surface area contributed by atoms with Gasteiger partial charge in [-0.25, -0.2) is 4.98 Å². The maximum Gasteiger partial charge on any atom is 0.273 e. The van der Waals surface area contributed by atoms with Crippen LogP contribution in [-0.2, 0) is 22.6 Å². The molecule has 0 bridgehead atoms. The molecule has 0 saturated heterocycles. The highest BCUT2D eigenvalue weighted by Gasteiger charge is 2.48. The van der Waals surface area contributed by atoms with Gasteiger partial charge < -0.3 is 29.6 Å². The number of amides is 3. The molecule has 1 aromatic heterocycles. The second kappa shape index (κ2) is 9.82. The number of hydrogen-bond donors (Lipinski definition) is 2. The van der Waals surface area contributed by atoms with E-state index in [1.54, 1.807) is 25.5 Å². The molecule has 1 unspecified atom stereocenters. The summed E-state index contributed by atoms with van der Waals surface area (Å²) in [5.74, 6) is -0.409. The predicted octanol–water partition coefficient (Wildman–Crippen LogP) is 0.819. The van der Waals surface area contributed by atoms with E-state index in [-0.39, 0.29) is 23.8 Å². The third-order valence-electron chi connectivity index (χ3n) is 5.58. The van der Waals surface area contributed by atoms with Gasteiger partial charge in [0.1, 0.15) is 17.0 Å². The number of fused-ring (bicyclic) bond motifs is 1. The van der Waals surface area contributed by atoms with Crippen molar-refractivity contribution >= 4 is 17.7 Å². The molecule has 0 fully saturated rings. The van der Waals surface area contributed by atoms with E-state index in [1.165, 1.54) is 18.3 Å². The normalized spacial score (nSPS) is 17.6. The molecule has 2 aromatic rings. The Hall–Kier alpha value is -3.40. The van der Waals surface area contributed by atoms with Crippen molar-refractivity contribution in [1.29, 1.82) is 0 Å². The van der Waals surface area contributed by atoms with Crippen LogP contribution < -0.4 is 15.4 Å². The van der Waals surface area contributed by atoms with Crippen LogP contribution in [0.2, 0.25) is 0 Å². The number of ether oxygens (including phenoxy) is 2. The van der Waals surface area contributed by atoms with Gasteiger partial charge in [0.05, 0.1) is 26.6 Å². The van der Waals surface area contributed by atoms with E-state index in [9.17, 15) is 14.4 Å². The molecule has 3 rings (SSSR count). The highest BCUT2D eigenvalue weighted by Crippen LogP contribution is 2.28. The molecule has 1 aromatic carbocycles. The van der Waals surface area contributed by atoms with E-state index in [0.29, 0.717) is 26.2 Å². The molecule has 172 valence electrons. The Labute approximate surface area is 186 Å². The fraction of sp³-hybridized carbons (Fsp3) is 0.455. The quantitative estimate of drug-likeness (QED) is 0.555. The van der Waals surface area contributed by atoms with Crippen molar-refractivity contribution in [2.75, 3.05) is 33.9 Å². The molecular formula is C22H29N5O5. The molecule has 3 amide bonds. The van der Waals surface area contributed by atoms with Crippen molar-refractivity contribution in [3.05, 3.63) is 47.5 Å². The molecule has 10 heteroatoms. The van der Waals surface area contributed by atoms with Gasteiger partial charge in [0.2, 0.25) is 5.91 Å². The zero-order chi connectivity index (χ0) is 23.3. The Bertz CT molecular complexity index is 987. The minimum absolute atomic E-state index is 0.0465. The van der Waals surface area contributed by atoms with Crippen LogP contribution in [0, 0.1) is 0 Å². The molecule has 0 radical (unpaired) electrons. The van der Waals surface area contributed by atoms with Crippen LogP contribution in [0.25, 0.3) is 0 Å². The minimum Gasteiger partial charge on any atom is -0.497 e. The first-order valence-corrected chi connectivity index (χ1v) is 10.4. The lowest BCUT2D eigenvalue weighted by Gasteiger charge is -2.43. The summed E-state index contributed by atoms with van der Waals surface area (Å²) in [6.45, 7) is 4.99. The maximum absolute atomic E-state index is 13.3. The summed E-state index contributed by atoms with van der Waals surface area (Å²) in [7, 11) is 3.13. The summed E-state index contributed by atoms with van der Waals surface area (Å²) in [4.78, 5) is 44.6. The van der Waals surface area contributed by atoms with Gasteiger partial charge in [-0.15, -0.1) is 0 Å². The standard InChI is InChI=1S/C22H29N5O5/c1-5-27-20(29)18-17(19(28)23-10-11-31-3)25-14-26(18)13-22(27,2)21(30)24-12-15-6-8-16(32-4)9-7-15/h6-9,14H,5,10-13H2,1-4H3,(H,23,28)(H,24,30). The fourth-order valence-corrected chi connectivity index (χ4v) is 3.81. The monoisotopic (exact) mass is 443 g/mol. The van der Waals surface area contributed by atoms with Gasteiger partial charge in [-0.2, -0.15) is 0 Å². The molecular weight excluding hydrogens is 414 g/mol. The van der Waals surface area contributed by atoms with Gasteiger partial charge in [0, 0.05) is 26.7 Å². The van der Waals surface area contributed by atoms with Crippen LogP contribution in [-0.4, -0.2) is 71.6 Å². The van der Waals surface area contributed by atoms with Crippen molar-refractivity contribution in [3.8, 4) is 5.75 Å². The van der Waals surface area contributed by atoms with Gasteiger partial charge >= 0.3 is 0 Å². The van der Waals surface area contributed by atoms with E-state index in [4.69, 9.17) is 9.47 Å². The Balaban J connectivity index is 1.78. The average Bonchev–Trinajstić information content (AvgIpc) is 3.22. The number of likely N-dealkylation sites (N-methyl/N-ethyl adjacent to an activating group) is 1. The Morgan fingerprint density at radius 2 is 1.91 bits per heavy atom. The average molecular weight is 444 g/mol. The highest BCUT2D eigenvalue weighted by molar-refractivity contribution is 6.07. The minimum atomic E-state index is -1.13. The first-order chi connectivity index (χ1) is 15.3. The Morgan fingerprint density at radius 3 is 2.53 bits per heavy atom. The van der Waals surface area contributed by atoms with E-state index in [2.05, 4.69) is 15.6 Å². The van der Waals surface area contributed by atoms with Crippen molar-refractivity contribution in [3.63, 3.8) is 0 Å². The number of imidazole rings is 1. The number of hydrogen-bond acceptors (Lipinski definition) is 6. The van der Waals surface area contributed by atoms with Crippen LogP contribution in [0.15, 0.2) is 30.6 Å². The van der Waals surface area contributed by atoms with Crippen LogP contribution in [0.3, 0.4) is 0 Å². The lowest BCUT2D eigenvalue weighted by molar-refractivity contribution is -0.132. The predicted molar refractivity (Wildman–Crippen MR) is 116 cm³/mol. The number of methoxy groups -OCH3 is 2. The third-order valence-corrected chi connectivity index (χ3v) is 5.58. The number of carbonyl (C=O) groups excluding carboxylic acids is 3. The van der Waals surface area contributed by atoms with E-state index in [1.807, 2.05) is 24.3 Å². The second-order valence-corrected chi connectivity index (χ2v) is 7.67. The largest absolute Gasteiger partial charge is 0.497 e. The summed E-state index contributed by atoms with van der Waals surface area (Å²) in [6.07, 6.45) is 1.43. The van der Waals surface area contributed by atoms with E-state index < -0.39 is 17.4 Å². The molecule has 1 aliphatic heterocycles. The van der Waals surface area contributed by atoms with Gasteiger partial charge in [-0.05, 0) is 31.5 Å². The van der Waals surface area contributed by atoms with Crippen LogP contribution in [0.1, 0.15) is 40.4 Å². The lowest BCUT2D eigenvalue weighted by atomic mass is 9.94. The van der Waals surface area contributed by atoms with Crippen molar-refractivity contribution < 1.29 is 23.9 Å². The van der Waals surface area contributed by atoms with Crippen LogP contribution in [0.4, 0.5) is 0 Å². The molecule has 2 heterocycles. The Kier molecular flexibility index (Phi) is 7.14. The molecule has 1 atom stereocenters. The first kappa shape index (κ1) is 23.3. The molecule has 0 spiro atoms. The summed E-state index contributed by atoms with van der Waals surface area (Å²) in [5, 5.41) is 5.61. The molecule has 10 nitrogen and oxygen atoms in total. The first-order valence-electron chi connectivity index (χ1n) is 10.4. The SMILES string of the molecule is CCN1C(=O)c2c(C(=O)NCCOC)ncn2CC1(C)C(=O)NCc1ccc(OC)cc1. The molecule has 32 heavy (non-hydrogen) atoms. The van der Waals surface area contributed by atoms with Crippen molar-refractivity contribution in [2.24, 2.45) is 0 Å². The van der Waals surface area contributed by atoms with Gasteiger partial charge in [-0.1, -0.05) is 12.1 Å². The van der Waals surface area contributed by atoms with Crippen molar-refractivity contribution in [2.45, 2.75) is 32.5 Å². The zero-order valence-corrected chi connectivity index (χ0v) is 18.8. The van der Waals surface area contributed by atoms with Gasteiger partial charge in [0.25, 0.3) is 11.8 Å². The number of aromatic nitrogens is 2. The number of rotatable bonds is 9. The third kappa shape index (κ3) is 4.45. The van der Waals surface area contributed by atoms with Gasteiger partial charge in [0.15, 0.2) is 5.69 Å². The Morgan fingerprint density at radius 1 is 1.19 bits per heavy atom. The smallest absolute Gasteiger partial charge is 0.273 e. The number of carbonyl (C=O) groups is 3. The summed E-state index contributed by atoms with van der Waals surface area (Å²) in [5.41, 5.74) is 0.00853. The van der Waals surface area contributed by atoms with Gasteiger partial charge in [-0.3, -0.25) is 14.4 Å². The van der Waals surface area contributed by atoms with Crippen LogP contribution in [0.5, 0.6) is 5.75 Å².